The van der Waals surface area contributed by atoms with Crippen LogP contribution in [0.2, 0.25) is 0 Å². The van der Waals surface area contributed by atoms with Crippen molar-refractivity contribution in [2.75, 3.05) is 4.90 Å². The van der Waals surface area contributed by atoms with Crippen LogP contribution in [0.3, 0.4) is 0 Å². The minimum atomic E-state index is -3.49. The number of hydrogen-bond acceptors (Lipinski definition) is 7. The molecule has 2 aromatic heterocycles. The van der Waals surface area contributed by atoms with Gasteiger partial charge in [-0.1, -0.05) is 115 Å². The number of nitro benzene ring substituents is 1. The Morgan fingerprint density at radius 2 is 1.34 bits per heavy atom. The number of amides is 1. The van der Waals surface area contributed by atoms with E-state index in [-0.39, 0.29) is 22.7 Å². The van der Waals surface area contributed by atoms with Gasteiger partial charge in [-0.15, -0.1) is 0 Å². The summed E-state index contributed by atoms with van der Waals surface area (Å²) in [6, 6.07) is 41.3. The van der Waals surface area contributed by atoms with Gasteiger partial charge in [0, 0.05) is 17.8 Å². The Kier molecular flexibility index (Phi) is 8.22. The first-order valence-electron chi connectivity index (χ1n) is 17.1. The Morgan fingerprint density at radius 1 is 0.774 bits per heavy atom. The first-order valence-corrected chi connectivity index (χ1v) is 18.6. The number of sulfone groups is 1. The monoisotopic (exact) mass is 719 g/mol. The van der Waals surface area contributed by atoms with E-state index in [9.17, 15) is 23.3 Å². The number of fused-ring (bicyclic) bond motifs is 2. The molecule has 3 heterocycles. The Hall–Kier alpha value is -6.46. The summed E-state index contributed by atoms with van der Waals surface area (Å²) in [7, 11) is -3.49. The van der Waals surface area contributed by atoms with Gasteiger partial charge in [-0.25, -0.2) is 18.4 Å². The van der Waals surface area contributed by atoms with Crippen molar-refractivity contribution in [3.05, 3.63) is 184 Å². The van der Waals surface area contributed by atoms with Crippen molar-refractivity contribution in [3.8, 4) is 11.3 Å². The molecule has 10 nitrogen and oxygen atoms in total. The molecule has 1 aliphatic rings. The number of benzene rings is 5. The number of carbonyl (C=O) groups is 1. The van der Waals surface area contributed by atoms with E-state index in [0.29, 0.717) is 33.7 Å². The molecule has 7 aromatic rings. The second-order valence-corrected chi connectivity index (χ2v) is 15.7. The largest absolute Gasteiger partial charge is 0.310 e. The van der Waals surface area contributed by atoms with Gasteiger partial charge in [0.2, 0.25) is 0 Å². The molecular weight excluding hydrogens is 687 g/mol. The minimum Gasteiger partial charge on any atom is -0.310 e. The predicted octanol–water partition coefficient (Wildman–Crippen LogP) is 8.19. The number of nitrogens with zero attached hydrogens (tertiary/aromatic N) is 5. The molecular formula is C42H33N5O5S. The van der Waals surface area contributed by atoms with E-state index in [1.165, 1.54) is 11.0 Å². The second-order valence-electron chi connectivity index (χ2n) is 13.2. The topological polar surface area (TPSA) is 128 Å². The number of hydrogen-bond donors (Lipinski definition) is 0. The average Bonchev–Trinajstić information content (AvgIpc) is 3.73. The number of rotatable bonds is 9. The smallest absolute Gasteiger partial charge is 0.282 e. The first kappa shape index (κ1) is 33.7. The molecule has 1 amide bonds. The van der Waals surface area contributed by atoms with Crippen LogP contribution in [0, 0.1) is 10.1 Å². The third-order valence-corrected chi connectivity index (χ3v) is 12.1. The van der Waals surface area contributed by atoms with E-state index in [1.807, 2.05) is 65.4 Å². The maximum atomic E-state index is 14.3. The standard InChI is InChI=1S/C42H33N5O5S/c1-28(2)53(51,52)34-23-21-29(22-24-34)35-25-43-40-39(44-35)37(45-26-30-13-12-20-36(47(49)50)38(30)41(45)48)27-46(40)42(31-14-6-3-7-15-31,32-16-8-4-9-17-32)33-18-10-5-11-19-33/h3-25,27-28H,26H2,1-2H3. The maximum absolute atomic E-state index is 14.3. The van der Waals surface area contributed by atoms with E-state index >= 15 is 0 Å². The summed E-state index contributed by atoms with van der Waals surface area (Å²) >= 11 is 0. The number of aromatic nitrogens is 3. The summed E-state index contributed by atoms with van der Waals surface area (Å²) in [5.41, 5.74) is 4.51. The third kappa shape index (κ3) is 5.39. The zero-order valence-corrected chi connectivity index (χ0v) is 29.6. The summed E-state index contributed by atoms with van der Waals surface area (Å²) < 4.78 is 27.8. The van der Waals surface area contributed by atoms with Gasteiger partial charge in [0.25, 0.3) is 11.6 Å². The van der Waals surface area contributed by atoms with Crippen molar-refractivity contribution in [1.29, 1.82) is 0 Å². The molecule has 262 valence electrons. The van der Waals surface area contributed by atoms with Crippen LogP contribution >= 0.6 is 0 Å². The van der Waals surface area contributed by atoms with E-state index in [0.717, 1.165) is 16.7 Å². The van der Waals surface area contributed by atoms with Gasteiger partial charge < -0.3 is 9.47 Å². The van der Waals surface area contributed by atoms with Gasteiger partial charge in [-0.3, -0.25) is 14.9 Å². The fourth-order valence-electron chi connectivity index (χ4n) is 7.30. The Labute approximate surface area is 306 Å². The average molecular weight is 720 g/mol. The molecule has 0 radical (unpaired) electrons. The SMILES string of the molecule is CC(C)S(=O)(=O)c1ccc(-c2cnc3c(n2)c(N2Cc4cccc([N+](=O)[O-])c4C2=O)cn3C(c2ccccc2)(c2ccccc2)c2ccccc2)cc1. The first-order chi connectivity index (χ1) is 25.6. The summed E-state index contributed by atoms with van der Waals surface area (Å²) in [5, 5.41) is 11.5. The van der Waals surface area contributed by atoms with Gasteiger partial charge in [0.15, 0.2) is 15.5 Å². The quantitative estimate of drug-likeness (QED) is 0.0836. The van der Waals surface area contributed by atoms with Crippen LogP contribution in [-0.2, 0) is 21.9 Å². The molecule has 0 N–H and O–H groups in total. The van der Waals surface area contributed by atoms with Crippen molar-refractivity contribution in [2.24, 2.45) is 0 Å². The molecule has 1 aliphatic heterocycles. The highest BCUT2D eigenvalue weighted by molar-refractivity contribution is 7.92. The van der Waals surface area contributed by atoms with Crippen LogP contribution in [-0.4, -0.2) is 39.0 Å². The van der Waals surface area contributed by atoms with Crippen molar-refractivity contribution in [1.82, 2.24) is 14.5 Å². The molecule has 0 unspecified atom stereocenters. The van der Waals surface area contributed by atoms with Gasteiger partial charge in [-0.2, -0.15) is 0 Å². The van der Waals surface area contributed by atoms with Crippen LogP contribution in [0.15, 0.2) is 151 Å². The van der Waals surface area contributed by atoms with Crippen LogP contribution in [0.1, 0.15) is 46.5 Å². The van der Waals surface area contributed by atoms with Gasteiger partial charge >= 0.3 is 0 Å². The molecule has 0 bridgehead atoms. The maximum Gasteiger partial charge on any atom is 0.282 e. The predicted molar refractivity (Wildman–Crippen MR) is 204 cm³/mol. The van der Waals surface area contributed by atoms with E-state index in [4.69, 9.17) is 9.97 Å². The van der Waals surface area contributed by atoms with Crippen molar-refractivity contribution >= 4 is 38.3 Å². The summed E-state index contributed by atoms with van der Waals surface area (Å²) in [4.78, 5) is 37.7. The number of nitro groups is 1. The van der Waals surface area contributed by atoms with E-state index in [2.05, 4.69) is 36.4 Å². The lowest BCUT2D eigenvalue weighted by Crippen LogP contribution is -2.37. The van der Waals surface area contributed by atoms with Crippen molar-refractivity contribution in [3.63, 3.8) is 0 Å². The highest BCUT2D eigenvalue weighted by Crippen LogP contribution is 2.46. The molecule has 53 heavy (non-hydrogen) atoms. The molecule has 8 rings (SSSR count). The fourth-order valence-corrected chi connectivity index (χ4v) is 8.36. The van der Waals surface area contributed by atoms with Crippen LogP contribution in [0.5, 0.6) is 0 Å². The minimum absolute atomic E-state index is 0.0462. The van der Waals surface area contributed by atoms with Crippen LogP contribution in [0.4, 0.5) is 11.4 Å². The zero-order valence-electron chi connectivity index (χ0n) is 28.8. The molecule has 0 atom stereocenters. The van der Waals surface area contributed by atoms with Gasteiger partial charge in [-0.05, 0) is 48.2 Å². The van der Waals surface area contributed by atoms with Crippen LogP contribution < -0.4 is 4.90 Å². The fraction of sp³-hybridized carbons (Fsp3) is 0.119. The summed E-state index contributed by atoms with van der Waals surface area (Å²) in [5.74, 6) is -0.508. The Balaban J connectivity index is 1.42. The molecule has 11 heteroatoms. The van der Waals surface area contributed by atoms with Crippen molar-refractivity contribution in [2.45, 2.75) is 36.1 Å². The van der Waals surface area contributed by atoms with Crippen LogP contribution in [0.25, 0.3) is 22.4 Å². The second kappa shape index (κ2) is 12.9. The lowest BCUT2D eigenvalue weighted by atomic mass is 9.76. The molecule has 0 aliphatic carbocycles. The summed E-state index contributed by atoms with van der Waals surface area (Å²) in [6.07, 6.45) is 3.51. The van der Waals surface area contributed by atoms with Gasteiger partial charge in [0.1, 0.15) is 16.6 Å². The number of anilines is 1. The lowest BCUT2D eigenvalue weighted by Gasteiger charge is -2.38. The molecule has 0 saturated carbocycles. The van der Waals surface area contributed by atoms with E-state index in [1.54, 1.807) is 56.4 Å². The molecule has 0 spiro atoms. The zero-order chi connectivity index (χ0) is 36.9. The highest BCUT2D eigenvalue weighted by Gasteiger charge is 2.43. The van der Waals surface area contributed by atoms with Crippen molar-refractivity contribution < 1.29 is 18.1 Å². The third-order valence-electron chi connectivity index (χ3n) is 9.91. The summed E-state index contributed by atoms with van der Waals surface area (Å²) in [6.45, 7) is 3.38. The lowest BCUT2D eigenvalue weighted by molar-refractivity contribution is -0.385. The molecule has 5 aromatic carbocycles. The normalized spacial score (nSPS) is 13.1. The Morgan fingerprint density at radius 3 is 1.87 bits per heavy atom. The van der Waals surface area contributed by atoms with Gasteiger partial charge in [0.05, 0.1) is 39.2 Å². The van der Waals surface area contributed by atoms with E-state index < -0.39 is 31.5 Å². The molecule has 0 fully saturated rings. The molecule has 0 saturated heterocycles. The number of carbonyl (C=O) groups excluding carboxylic acids is 1. The Bertz CT molecular complexity index is 2530. The highest BCUT2D eigenvalue weighted by atomic mass is 32.2.